The average molecular weight is 334 g/mol. The van der Waals surface area contributed by atoms with Gasteiger partial charge in [-0.05, 0) is 31.7 Å². The van der Waals surface area contributed by atoms with Crippen molar-refractivity contribution in [3.8, 4) is 0 Å². The SMILES string of the molecule is CCn1c(SCCn2ccnc2C)nc2scc(C)c2c1=O. The maximum atomic E-state index is 12.6. The molecule has 22 heavy (non-hydrogen) atoms. The van der Waals surface area contributed by atoms with E-state index >= 15 is 0 Å². The van der Waals surface area contributed by atoms with Gasteiger partial charge >= 0.3 is 0 Å². The molecule has 7 heteroatoms. The van der Waals surface area contributed by atoms with E-state index < -0.39 is 0 Å². The summed E-state index contributed by atoms with van der Waals surface area (Å²) >= 11 is 3.17. The molecule has 0 radical (unpaired) electrons. The van der Waals surface area contributed by atoms with Gasteiger partial charge in [-0.2, -0.15) is 0 Å². The van der Waals surface area contributed by atoms with Gasteiger partial charge in [0.2, 0.25) is 0 Å². The minimum absolute atomic E-state index is 0.0764. The van der Waals surface area contributed by atoms with Gasteiger partial charge < -0.3 is 4.57 Å². The number of thioether (sulfide) groups is 1. The van der Waals surface area contributed by atoms with E-state index in [0.717, 1.165) is 39.1 Å². The van der Waals surface area contributed by atoms with Crippen LogP contribution in [-0.2, 0) is 13.1 Å². The Bertz CT molecular complexity index is 862. The first-order chi connectivity index (χ1) is 10.6. The lowest BCUT2D eigenvalue weighted by atomic mass is 10.3. The molecule has 0 N–H and O–H groups in total. The minimum atomic E-state index is 0.0764. The third-order valence-electron chi connectivity index (χ3n) is 3.65. The van der Waals surface area contributed by atoms with Gasteiger partial charge in [-0.25, -0.2) is 9.97 Å². The maximum Gasteiger partial charge on any atom is 0.263 e. The Morgan fingerprint density at radius 1 is 1.36 bits per heavy atom. The zero-order valence-electron chi connectivity index (χ0n) is 12.9. The van der Waals surface area contributed by atoms with E-state index in [9.17, 15) is 4.79 Å². The standard InChI is InChI=1S/C15H18N4OS2/c1-4-19-14(20)12-10(2)9-22-13(12)17-15(19)21-8-7-18-6-5-16-11(18)3/h5-6,9H,4,7-8H2,1-3H3. The molecule has 0 atom stereocenters. The molecule has 0 aliphatic rings. The molecule has 0 bridgehead atoms. The van der Waals surface area contributed by atoms with E-state index in [4.69, 9.17) is 0 Å². The molecule has 0 aliphatic heterocycles. The van der Waals surface area contributed by atoms with Gasteiger partial charge in [0, 0.05) is 31.2 Å². The van der Waals surface area contributed by atoms with Gasteiger partial charge in [-0.3, -0.25) is 9.36 Å². The van der Waals surface area contributed by atoms with Crippen LogP contribution in [0, 0.1) is 13.8 Å². The van der Waals surface area contributed by atoms with E-state index in [1.54, 1.807) is 33.9 Å². The van der Waals surface area contributed by atoms with Crippen molar-refractivity contribution in [1.29, 1.82) is 0 Å². The summed E-state index contributed by atoms with van der Waals surface area (Å²) in [6, 6.07) is 0. The van der Waals surface area contributed by atoms with Crippen molar-refractivity contribution in [2.24, 2.45) is 0 Å². The molecule has 3 rings (SSSR count). The highest BCUT2D eigenvalue weighted by Crippen LogP contribution is 2.24. The molecular formula is C15H18N4OS2. The fourth-order valence-corrected chi connectivity index (χ4v) is 4.37. The van der Waals surface area contributed by atoms with Gasteiger partial charge in [0.05, 0.1) is 5.39 Å². The van der Waals surface area contributed by atoms with Gasteiger partial charge in [-0.15, -0.1) is 11.3 Å². The summed E-state index contributed by atoms with van der Waals surface area (Å²) in [5, 5.41) is 3.57. The van der Waals surface area contributed by atoms with Crippen LogP contribution in [0.2, 0.25) is 0 Å². The molecule has 3 heterocycles. The molecular weight excluding hydrogens is 316 g/mol. The Morgan fingerprint density at radius 2 is 2.18 bits per heavy atom. The first-order valence-electron chi connectivity index (χ1n) is 7.21. The molecule has 0 amide bonds. The molecule has 0 aliphatic carbocycles. The quantitative estimate of drug-likeness (QED) is 0.531. The number of aromatic nitrogens is 4. The fourth-order valence-electron chi connectivity index (χ4n) is 2.41. The Labute approximate surface area is 137 Å². The van der Waals surface area contributed by atoms with Crippen LogP contribution in [0.5, 0.6) is 0 Å². The molecule has 3 aromatic heterocycles. The first-order valence-corrected chi connectivity index (χ1v) is 9.07. The Morgan fingerprint density at radius 3 is 2.86 bits per heavy atom. The molecule has 0 unspecified atom stereocenters. The van der Waals surface area contributed by atoms with Gasteiger partial charge in [0.15, 0.2) is 5.16 Å². The lowest BCUT2D eigenvalue weighted by molar-refractivity contribution is 0.633. The van der Waals surface area contributed by atoms with Crippen LogP contribution in [0.25, 0.3) is 10.2 Å². The van der Waals surface area contributed by atoms with Gasteiger partial charge in [-0.1, -0.05) is 11.8 Å². The van der Waals surface area contributed by atoms with Gasteiger partial charge in [0.25, 0.3) is 5.56 Å². The number of hydrogen-bond donors (Lipinski definition) is 0. The molecule has 0 fully saturated rings. The summed E-state index contributed by atoms with van der Waals surface area (Å²) in [5.74, 6) is 1.87. The predicted octanol–water partition coefficient (Wildman–Crippen LogP) is 3.08. The highest BCUT2D eigenvalue weighted by atomic mass is 32.2. The summed E-state index contributed by atoms with van der Waals surface area (Å²) in [7, 11) is 0. The van der Waals surface area contributed by atoms with Crippen molar-refractivity contribution in [2.45, 2.75) is 39.0 Å². The second kappa shape index (κ2) is 6.26. The molecule has 3 aromatic rings. The Balaban J connectivity index is 1.87. The van der Waals surface area contributed by atoms with Crippen LogP contribution in [0.15, 0.2) is 27.7 Å². The number of nitrogens with zero attached hydrogens (tertiary/aromatic N) is 4. The normalized spacial score (nSPS) is 11.4. The van der Waals surface area contributed by atoms with Crippen LogP contribution in [0.4, 0.5) is 0 Å². The predicted molar refractivity (Wildman–Crippen MR) is 92.0 cm³/mol. The fraction of sp³-hybridized carbons (Fsp3) is 0.400. The Kier molecular flexibility index (Phi) is 4.35. The summed E-state index contributed by atoms with van der Waals surface area (Å²) in [4.78, 5) is 22.4. The largest absolute Gasteiger partial charge is 0.334 e. The third kappa shape index (κ3) is 2.70. The number of imidazole rings is 1. The second-order valence-electron chi connectivity index (χ2n) is 5.06. The number of hydrogen-bond acceptors (Lipinski definition) is 5. The monoisotopic (exact) mass is 334 g/mol. The molecule has 5 nitrogen and oxygen atoms in total. The maximum absolute atomic E-state index is 12.6. The zero-order valence-corrected chi connectivity index (χ0v) is 14.5. The molecule has 0 saturated heterocycles. The van der Waals surface area contributed by atoms with Crippen molar-refractivity contribution in [3.05, 3.63) is 39.5 Å². The minimum Gasteiger partial charge on any atom is -0.334 e. The highest BCUT2D eigenvalue weighted by Gasteiger charge is 2.13. The smallest absolute Gasteiger partial charge is 0.263 e. The van der Waals surface area contributed by atoms with Crippen molar-refractivity contribution in [3.63, 3.8) is 0 Å². The van der Waals surface area contributed by atoms with Crippen molar-refractivity contribution < 1.29 is 0 Å². The van der Waals surface area contributed by atoms with E-state index in [1.807, 2.05) is 32.3 Å². The zero-order chi connectivity index (χ0) is 15.7. The second-order valence-corrected chi connectivity index (χ2v) is 6.98. The van der Waals surface area contributed by atoms with Crippen LogP contribution in [0.1, 0.15) is 18.3 Å². The Hall–Kier alpha value is -1.60. The number of thiophene rings is 1. The van der Waals surface area contributed by atoms with Crippen molar-refractivity contribution in [2.75, 3.05) is 5.75 Å². The number of aryl methyl sites for hydroxylation is 3. The van der Waals surface area contributed by atoms with Crippen LogP contribution in [-0.4, -0.2) is 24.9 Å². The number of fused-ring (bicyclic) bond motifs is 1. The van der Waals surface area contributed by atoms with E-state index in [-0.39, 0.29) is 5.56 Å². The van der Waals surface area contributed by atoms with Crippen LogP contribution < -0.4 is 5.56 Å². The average Bonchev–Trinajstić information content (AvgIpc) is 3.06. The van der Waals surface area contributed by atoms with E-state index in [1.165, 1.54) is 0 Å². The topological polar surface area (TPSA) is 52.7 Å². The first kappa shape index (κ1) is 15.3. The molecule has 0 saturated carbocycles. The summed E-state index contributed by atoms with van der Waals surface area (Å²) in [6.45, 7) is 7.45. The van der Waals surface area contributed by atoms with Crippen molar-refractivity contribution >= 4 is 33.3 Å². The summed E-state index contributed by atoms with van der Waals surface area (Å²) < 4.78 is 3.88. The lowest BCUT2D eigenvalue weighted by Gasteiger charge is -2.10. The van der Waals surface area contributed by atoms with Gasteiger partial charge in [0.1, 0.15) is 10.7 Å². The van der Waals surface area contributed by atoms with Crippen molar-refractivity contribution in [1.82, 2.24) is 19.1 Å². The highest BCUT2D eigenvalue weighted by molar-refractivity contribution is 7.99. The third-order valence-corrected chi connectivity index (χ3v) is 5.59. The van der Waals surface area contributed by atoms with E-state index in [0.29, 0.717) is 6.54 Å². The summed E-state index contributed by atoms with van der Waals surface area (Å²) in [5.41, 5.74) is 1.10. The van der Waals surface area contributed by atoms with Crippen LogP contribution >= 0.6 is 23.1 Å². The van der Waals surface area contributed by atoms with Crippen LogP contribution in [0.3, 0.4) is 0 Å². The number of rotatable bonds is 5. The van der Waals surface area contributed by atoms with E-state index in [2.05, 4.69) is 14.5 Å². The summed E-state index contributed by atoms with van der Waals surface area (Å²) in [6.07, 6.45) is 3.78. The molecule has 0 spiro atoms. The molecule has 0 aromatic carbocycles. The molecule has 116 valence electrons. The lowest BCUT2D eigenvalue weighted by Crippen LogP contribution is -2.22.